The number of hydrogen-bond donors (Lipinski definition) is 1. The van der Waals surface area contributed by atoms with Gasteiger partial charge in [0.25, 0.3) is 0 Å². The molecule has 1 N–H and O–H groups in total. The number of ether oxygens (including phenoxy) is 1. The average Bonchev–Trinajstić information content (AvgIpc) is 2.38. The lowest BCUT2D eigenvalue weighted by atomic mass is 10.3. The van der Waals surface area contributed by atoms with Crippen LogP contribution in [0.2, 0.25) is 5.28 Å². The van der Waals surface area contributed by atoms with Gasteiger partial charge >= 0.3 is 5.69 Å². The molecule has 0 atom stereocenters. The first-order valence-electron chi connectivity index (χ1n) is 5.28. The van der Waals surface area contributed by atoms with Crippen LogP contribution < -0.4 is 10.1 Å². The number of halogens is 2. The number of nitro groups is 1. The van der Waals surface area contributed by atoms with E-state index in [-0.39, 0.29) is 16.8 Å². The van der Waals surface area contributed by atoms with Crippen LogP contribution in [0.4, 0.5) is 17.2 Å². The van der Waals surface area contributed by atoms with E-state index in [1.807, 2.05) is 0 Å². The third kappa shape index (κ3) is 3.14. The quantitative estimate of drug-likeness (QED) is 0.510. The fourth-order valence-electron chi connectivity index (χ4n) is 1.46. The standard InChI is InChI=1S/C11H8BrClN4O3/c1-20-9-3-2-6(4-7(9)12)15-10-8(17(18)19)5-14-11(13)16-10/h2-5H,1H3,(H,14,15,16). The second-order valence-electron chi connectivity index (χ2n) is 3.60. The Morgan fingerprint density at radius 2 is 2.25 bits per heavy atom. The molecule has 0 radical (unpaired) electrons. The first-order valence-corrected chi connectivity index (χ1v) is 6.46. The Balaban J connectivity index is 2.36. The normalized spacial score (nSPS) is 10.2. The van der Waals surface area contributed by atoms with Gasteiger partial charge in [0.2, 0.25) is 11.1 Å². The van der Waals surface area contributed by atoms with Gasteiger partial charge in [-0.2, -0.15) is 4.98 Å². The van der Waals surface area contributed by atoms with E-state index in [4.69, 9.17) is 16.3 Å². The van der Waals surface area contributed by atoms with Gasteiger partial charge < -0.3 is 10.1 Å². The number of hydrogen-bond acceptors (Lipinski definition) is 6. The fourth-order valence-corrected chi connectivity index (χ4v) is 2.13. The number of benzene rings is 1. The van der Waals surface area contributed by atoms with Gasteiger partial charge in [0.15, 0.2) is 0 Å². The predicted octanol–water partition coefficient (Wildman–Crippen LogP) is 3.55. The lowest BCUT2D eigenvalue weighted by Gasteiger charge is -2.08. The van der Waals surface area contributed by atoms with Crippen molar-refractivity contribution in [3.8, 4) is 5.75 Å². The molecule has 0 saturated heterocycles. The lowest BCUT2D eigenvalue weighted by Crippen LogP contribution is -2.01. The predicted molar refractivity (Wildman–Crippen MR) is 77.7 cm³/mol. The van der Waals surface area contributed by atoms with Crippen LogP contribution in [-0.4, -0.2) is 22.0 Å². The maximum Gasteiger partial charge on any atom is 0.329 e. The third-order valence-corrected chi connectivity index (χ3v) is 3.15. The molecule has 9 heteroatoms. The Hall–Kier alpha value is -1.93. The number of methoxy groups -OCH3 is 1. The summed E-state index contributed by atoms with van der Waals surface area (Å²) in [5.74, 6) is 0.665. The van der Waals surface area contributed by atoms with Crippen LogP contribution in [-0.2, 0) is 0 Å². The second kappa shape index (κ2) is 6.02. The van der Waals surface area contributed by atoms with Crippen molar-refractivity contribution in [2.75, 3.05) is 12.4 Å². The van der Waals surface area contributed by atoms with Crippen molar-refractivity contribution in [3.63, 3.8) is 0 Å². The fraction of sp³-hybridized carbons (Fsp3) is 0.0909. The molecule has 0 spiro atoms. The van der Waals surface area contributed by atoms with Crippen LogP contribution in [0, 0.1) is 10.1 Å². The largest absolute Gasteiger partial charge is 0.496 e. The van der Waals surface area contributed by atoms with Gasteiger partial charge in [-0.3, -0.25) is 10.1 Å². The molecule has 0 aliphatic carbocycles. The van der Waals surface area contributed by atoms with Gasteiger partial charge in [0.1, 0.15) is 11.9 Å². The van der Waals surface area contributed by atoms with Gasteiger partial charge in [-0.05, 0) is 45.7 Å². The molecule has 2 rings (SSSR count). The van der Waals surface area contributed by atoms with E-state index in [2.05, 4.69) is 31.2 Å². The summed E-state index contributed by atoms with van der Waals surface area (Å²) in [6.07, 6.45) is 1.05. The molecular weight excluding hydrogens is 352 g/mol. The van der Waals surface area contributed by atoms with E-state index in [0.29, 0.717) is 15.9 Å². The lowest BCUT2D eigenvalue weighted by molar-refractivity contribution is -0.384. The number of anilines is 2. The van der Waals surface area contributed by atoms with Crippen LogP contribution in [0.1, 0.15) is 0 Å². The molecule has 104 valence electrons. The highest BCUT2D eigenvalue weighted by Gasteiger charge is 2.17. The van der Waals surface area contributed by atoms with Gasteiger partial charge in [0, 0.05) is 5.69 Å². The number of nitrogens with zero attached hydrogens (tertiary/aromatic N) is 3. The highest BCUT2D eigenvalue weighted by Crippen LogP contribution is 2.31. The smallest absolute Gasteiger partial charge is 0.329 e. The summed E-state index contributed by atoms with van der Waals surface area (Å²) < 4.78 is 5.80. The molecule has 0 bridgehead atoms. The first kappa shape index (κ1) is 14.5. The van der Waals surface area contributed by atoms with Gasteiger partial charge in [0.05, 0.1) is 16.5 Å². The van der Waals surface area contributed by atoms with Crippen molar-refractivity contribution in [2.45, 2.75) is 0 Å². The number of rotatable bonds is 4. The number of aromatic nitrogens is 2. The molecule has 20 heavy (non-hydrogen) atoms. The van der Waals surface area contributed by atoms with Crippen LogP contribution in [0.25, 0.3) is 0 Å². The average molecular weight is 360 g/mol. The molecule has 0 aliphatic rings. The zero-order chi connectivity index (χ0) is 14.7. The summed E-state index contributed by atoms with van der Waals surface area (Å²) in [6.45, 7) is 0. The van der Waals surface area contributed by atoms with Crippen LogP contribution in [0.15, 0.2) is 28.9 Å². The summed E-state index contributed by atoms with van der Waals surface area (Å²) in [5.41, 5.74) is 0.330. The minimum atomic E-state index is -0.586. The molecular formula is C11H8BrClN4O3. The maximum absolute atomic E-state index is 10.9. The third-order valence-electron chi connectivity index (χ3n) is 2.35. The molecule has 1 heterocycles. The SMILES string of the molecule is COc1ccc(Nc2nc(Cl)ncc2[N+](=O)[O-])cc1Br. The van der Waals surface area contributed by atoms with Crippen molar-refractivity contribution in [1.82, 2.24) is 9.97 Å². The second-order valence-corrected chi connectivity index (χ2v) is 4.80. The minimum Gasteiger partial charge on any atom is -0.496 e. The minimum absolute atomic E-state index is 0.0204. The van der Waals surface area contributed by atoms with Crippen LogP contribution in [0.5, 0.6) is 5.75 Å². The number of nitrogens with one attached hydrogen (secondary N) is 1. The topological polar surface area (TPSA) is 90.2 Å². The molecule has 0 saturated carbocycles. The molecule has 0 unspecified atom stereocenters. The van der Waals surface area contributed by atoms with Gasteiger partial charge in [-0.15, -0.1) is 0 Å². The summed E-state index contributed by atoms with van der Waals surface area (Å²) in [5, 5.41) is 13.6. The summed E-state index contributed by atoms with van der Waals surface area (Å²) in [6, 6.07) is 5.11. The molecule has 2 aromatic rings. The van der Waals surface area contributed by atoms with E-state index >= 15 is 0 Å². The van der Waals surface area contributed by atoms with Crippen molar-refractivity contribution in [2.24, 2.45) is 0 Å². The van der Waals surface area contributed by atoms with Crippen molar-refractivity contribution < 1.29 is 9.66 Å². The first-order chi connectivity index (χ1) is 9.51. The summed E-state index contributed by atoms with van der Waals surface area (Å²) >= 11 is 8.98. The highest BCUT2D eigenvalue weighted by atomic mass is 79.9. The van der Waals surface area contributed by atoms with Crippen molar-refractivity contribution in [3.05, 3.63) is 44.3 Å². The van der Waals surface area contributed by atoms with E-state index < -0.39 is 4.92 Å². The van der Waals surface area contributed by atoms with Crippen molar-refractivity contribution in [1.29, 1.82) is 0 Å². The Morgan fingerprint density at radius 1 is 1.50 bits per heavy atom. The van der Waals surface area contributed by atoms with Crippen LogP contribution >= 0.6 is 27.5 Å². The Kier molecular flexibility index (Phi) is 4.35. The summed E-state index contributed by atoms with van der Waals surface area (Å²) in [7, 11) is 1.54. The van der Waals surface area contributed by atoms with E-state index in [1.54, 1.807) is 25.3 Å². The van der Waals surface area contributed by atoms with E-state index in [9.17, 15) is 10.1 Å². The highest BCUT2D eigenvalue weighted by molar-refractivity contribution is 9.10. The van der Waals surface area contributed by atoms with Crippen LogP contribution in [0.3, 0.4) is 0 Å². The molecule has 0 amide bonds. The molecule has 7 nitrogen and oxygen atoms in total. The zero-order valence-corrected chi connectivity index (χ0v) is 12.5. The summed E-state index contributed by atoms with van der Waals surface area (Å²) in [4.78, 5) is 17.7. The van der Waals surface area contributed by atoms with E-state index in [0.717, 1.165) is 6.20 Å². The Bertz CT molecular complexity index is 668. The monoisotopic (exact) mass is 358 g/mol. The Labute approximate surface area is 127 Å². The van der Waals surface area contributed by atoms with Crippen molar-refractivity contribution >= 4 is 44.7 Å². The molecule has 1 aromatic heterocycles. The molecule has 0 fully saturated rings. The van der Waals surface area contributed by atoms with Gasteiger partial charge in [-0.25, -0.2) is 4.98 Å². The maximum atomic E-state index is 10.9. The molecule has 0 aliphatic heterocycles. The zero-order valence-electron chi connectivity index (χ0n) is 10.1. The molecule has 1 aromatic carbocycles. The Morgan fingerprint density at radius 3 is 2.85 bits per heavy atom. The van der Waals surface area contributed by atoms with Gasteiger partial charge in [-0.1, -0.05) is 0 Å². The van der Waals surface area contributed by atoms with E-state index in [1.165, 1.54) is 0 Å².